The summed E-state index contributed by atoms with van der Waals surface area (Å²) in [5.41, 5.74) is 7.46. The fourth-order valence-corrected chi connectivity index (χ4v) is 3.36. The highest BCUT2D eigenvalue weighted by Crippen LogP contribution is 2.30. The number of thioether (sulfide) groups is 1. The Morgan fingerprint density at radius 2 is 2.39 bits per heavy atom. The molecule has 122 valence electrons. The third-order valence-electron chi connectivity index (χ3n) is 3.74. The maximum absolute atomic E-state index is 12.3. The van der Waals surface area contributed by atoms with Crippen molar-refractivity contribution in [2.45, 2.75) is 19.9 Å². The lowest BCUT2D eigenvalue weighted by Crippen LogP contribution is -2.39. The summed E-state index contributed by atoms with van der Waals surface area (Å²) >= 11 is 1.55. The molecule has 0 saturated heterocycles. The number of nitrogens with two attached hydrogens (primary N) is 1. The number of aromatic amines is 1. The highest BCUT2D eigenvalue weighted by atomic mass is 32.2. The van der Waals surface area contributed by atoms with Gasteiger partial charge in [0, 0.05) is 37.3 Å². The molecule has 0 aromatic carbocycles. The van der Waals surface area contributed by atoms with E-state index in [1.807, 2.05) is 31.1 Å². The summed E-state index contributed by atoms with van der Waals surface area (Å²) in [4.78, 5) is 26.8. The van der Waals surface area contributed by atoms with Crippen molar-refractivity contribution in [3.63, 3.8) is 0 Å². The van der Waals surface area contributed by atoms with E-state index in [2.05, 4.69) is 20.3 Å². The second-order valence-electron chi connectivity index (χ2n) is 5.54. The van der Waals surface area contributed by atoms with Gasteiger partial charge in [-0.15, -0.1) is 11.8 Å². The number of aromatic nitrogens is 3. The van der Waals surface area contributed by atoms with E-state index in [1.165, 1.54) is 0 Å². The highest BCUT2D eigenvalue weighted by molar-refractivity contribution is 8.04. The summed E-state index contributed by atoms with van der Waals surface area (Å²) in [5.74, 6) is 1.56. The molecule has 7 nitrogen and oxygen atoms in total. The number of hydrogen-bond acceptors (Lipinski definition) is 6. The van der Waals surface area contributed by atoms with Gasteiger partial charge in [-0.05, 0) is 19.4 Å². The summed E-state index contributed by atoms with van der Waals surface area (Å²) in [6, 6.07) is -0.0444. The van der Waals surface area contributed by atoms with Crippen LogP contribution in [-0.2, 0) is 4.79 Å². The molecule has 0 spiro atoms. The molecule has 2 aromatic heterocycles. The predicted molar refractivity (Wildman–Crippen MR) is 93.2 cm³/mol. The molecule has 0 bridgehead atoms. The molecule has 0 radical (unpaired) electrons. The molecule has 0 fully saturated rings. The second kappa shape index (κ2) is 6.59. The normalized spacial score (nSPS) is 16.3. The molecule has 0 unspecified atom stereocenters. The molecule has 8 heteroatoms. The molecule has 4 N–H and O–H groups in total. The SMILES string of the molecule is Cc1c[nH]c2ncnc(N3C=C(C(=O)N[C@@H](C)CN)SCC3)c12. The first-order chi connectivity index (χ1) is 11.1. The number of anilines is 1. The average molecular weight is 332 g/mol. The number of amides is 1. The molecule has 0 saturated carbocycles. The molecule has 1 atom stereocenters. The fraction of sp³-hybridized carbons (Fsp3) is 0.400. The number of hydrogen-bond donors (Lipinski definition) is 3. The zero-order chi connectivity index (χ0) is 16.4. The van der Waals surface area contributed by atoms with Gasteiger partial charge in [-0.25, -0.2) is 9.97 Å². The summed E-state index contributed by atoms with van der Waals surface area (Å²) in [5, 5.41) is 3.89. The van der Waals surface area contributed by atoms with Crippen molar-refractivity contribution in [1.29, 1.82) is 0 Å². The van der Waals surface area contributed by atoms with Crippen molar-refractivity contribution in [2.24, 2.45) is 5.73 Å². The minimum atomic E-state index is -0.0891. The van der Waals surface area contributed by atoms with Gasteiger partial charge in [-0.3, -0.25) is 4.79 Å². The van der Waals surface area contributed by atoms with E-state index in [0.717, 1.165) is 34.7 Å². The Labute approximate surface area is 138 Å². The zero-order valence-corrected chi connectivity index (χ0v) is 14.0. The number of fused-ring (bicyclic) bond motifs is 1. The van der Waals surface area contributed by atoms with Gasteiger partial charge < -0.3 is 20.9 Å². The summed E-state index contributed by atoms with van der Waals surface area (Å²) in [6.07, 6.45) is 5.32. The Kier molecular flexibility index (Phi) is 4.53. The number of aryl methyl sites for hydroxylation is 1. The average Bonchev–Trinajstić information content (AvgIpc) is 2.96. The van der Waals surface area contributed by atoms with Crippen LogP contribution in [0.1, 0.15) is 12.5 Å². The van der Waals surface area contributed by atoms with Crippen molar-refractivity contribution in [2.75, 3.05) is 23.7 Å². The monoisotopic (exact) mass is 332 g/mol. The van der Waals surface area contributed by atoms with E-state index in [4.69, 9.17) is 5.73 Å². The molecular formula is C15H20N6OS. The molecule has 1 aliphatic heterocycles. The maximum atomic E-state index is 12.3. The van der Waals surface area contributed by atoms with Crippen molar-refractivity contribution in [3.05, 3.63) is 29.2 Å². The number of carbonyl (C=O) groups is 1. The van der Waals surface area contributed by atoms with E-state index < -0.39 is 0 Å². The Morgan fingerprint density at radius 3 is 3.17 bits per heavy atom. The van der Waals surface area contributed by atoms with Crippen LogP contribution in [-0.4, -0.2) is 45.7 Å². The molecule has 3 rings (SSSR count). The van der Waals surface area contributed by atoms with Crippen molar-refractivity contribution in [3.8, 4) is 0 Å². The molecular weight excluding hydrogens is 312 g/mol. The van der Waals surface area contributed by atoms with E-state index in [-0.39, 0.29) is 11.9 Å². The van der Waals surface area contributed by atoms with Gasteiger partial charge in [0.05, 0.1) is 10.3 Å². The molecule has 0 aliphatic carbocycles. The van der Waals surface area contributed by atoms with Crippen LogP contribution in [0.15, 0.2) is 23.6 Å². The van der Waals surface area contributed by atoms with Crippen molar-refractivity contribution >= 4 is 34.5 Å². The molecule has 2 aromatic rings. The Hall–Kier alpha value is -2.06. The zero-order valence-electron chi connectivity index (χ0n) is 13.2. The largest absolute Gasteiger partial charge is 0.348 e. The first-order valence-electron chi connectivity index (χ1n) is 7.51. The summed E-state index contributed by atoms with van der Waals surface area (Å²) in [7, 11) is 0. The quantitative estimate of drug-likeness (QED) is 0.776. The van der Waals surface area contributed by atoms with Gasteiger partial charge in [0.15, 0.2) is 0 Å². The molecule has 1 amide bonds. The van der Waals surface area contributed by atoms with Crippen LogP contribution in [0.2, 0.25) is 0 Å². The van der Waals surface area contributed by atoms with Crippen LogP contribution in [0.4, 0.5) is 5.82 Å². The van der Waals surface area contributed by atoms with E-state index in [1.54, 1.807) is 18.1 Å². The maximum Gasteiger partial charge on any atom is 0.259 e. The van der Waals surface area contributed by atoms with Crippen LogP contribution in [0.25, 0.3) is 11.0 Å². The van der Waals surface area contributed by atoms with Gasteiger partial charge in [0.1, 0.15) is 17.8 Å². The molecule has 3 heterocycles. The minimum absolute atomic E-state index is 0.0444. The smallest absolute Gasteiger partial charge is 0.259 e. The Balaban J connectivity index is 1.91. The van der Waals surface area contributed by atoms with Crippen LogP contribution in [0, 0.1) is 6.92 Å². The number of nitrogens with zero attached hydrogens (tertiary/aromatic N) is 3. The molecule has 1 aliphatic rings. The number of rotatable bonds is 4. The number of H-pyrrole nitrogens is 1. The Bertz CT molecular complexity index is 756. The van der Waals surface area contributed by atoms with E-state index in [9.17, 15) is 4.79 Å². The third kappa shape index (κ3) is 3.18. The summed E-state index contributed by atoms with van der Waals surface area (Å²) in [6.45, 7) is 5.12. The predicted octanol–water partition coefficient (Wildman–Crippen LogP) is 1.12. The van der Waals surface area contributed by atoms with Gasteiger partial charge in [-0.1, -0.05) is 0 Å². The fourth-order valence-electron chi connectivity index (χ4n) is 2.46. The van der Waals surface area contributed by atoms with Gasteiger partial charge in [-0.2, -0.15) is 0 Å². The highest BCUT2D eigenvalue weighted by Gasteiger charge is 2.21. The van der Waals surface area contributed by atoms with Crippen LogP contribution < -0.4 is 16.0 Å². The van der Waals surface area contributed by atoms with E-state index in [0.29, 0.717) is 11.4 Å². The minimum Gasteiger partial charge on any atom is -0.348 e. The van der Waals surface area contributed by atoms with Crippen molar-refractivity contribution in [1.82, 2.24) is 20.3 Å². The lowest BCUT2D eigenvalue weighted by atomic mass is 10.2. The third-order valence-corrected chi connectivity index (χ3v) is 4.73. The van der Waals surface area contributed by atoms with Crippen LogP contribution in [0.5, 0.6) is 0 Å². The standard InChI is InChI=1S/C15H20N6OS/c1-9-6-17-13-12(9)14(19-8-18-13)21-3-4-23-11(7-21)15(22)20-10(2)5-16/h6-8,10H,3-5,16H2,1-2H3,(H,20,22)(H,17,18,19)/t10-/m0/s1. The van der Waals surface area contributed by atoms with Crippen LogP contribution >= 0.6 is 11.8 Å². The topological polar surface area (TPSA) is 99.9 Å². The summed E-state index contributed by atoms with van der Waals surface area (Å²) < 4.78 is 0. The molecule has 23 heavy (non-hydrogen) atoms. The van der Waals surface area contributed by atoms with Gasteiger partial charge >= 0.3 is 0 Å². The number of nitrogens with one attached hydrogen (secondary N) is 2. The van der Waals surface area contributed by atoms with Crippen molar-refractivity contribution < 1.29 is 4.79 Å². The Morgan fingerprint density at radius 1 is 1.57 bits per heavy atom. The van der Waals surface area contributed by atoms with Crippen LogP contribution in [0.3, 0.4) is 0 Å². The number of carbonyl (C=O) groups excluding carboxylic acids is 1. The first-order valence-corrected chi connectivity index (χ1v) is 8.49. The lowest BCUT2D eigenvalue weighted by Gasteiger charge is -2.26. The lowest BCUT2D eigenvalue weighted by molar-refractivity contribution is -0.117. The van der Waals surface area contributed by atoms with Gasteiger partial charge in [0.25, 0.3) is 5.91 Å². The first kappa shape index (κ1) is 15.8. The van der Waals surface area contributed by atoms with E-state index >= 15 is 0 Å². The van der Waals surface area contributed by atoms with Gasteiger partial charge in [0.2, 0.25) is 0 Å². The second-order valence-corrected chi connectivity index (χ2v) is 6.67.